The fourth-order valence-corrected chi connectivity index (χ4v) is 5.18. The Morgan fingerprint density at radius 2 is 1.77 bits per heavy atom. The number of halogens is 1. The minimum Gasteiger partial charge on any atom is -0.451 e. The Morgan fingerprint density at radius 1 is 1.03 bits per heavy atom. The zero-order valence-corrected chi connectivity index (χ0v) is 17.9. The fourth-order valence-electron chi connectivity index (χ4n) is 5.18. The molecule has 30 heavy (non-hydrogen) atoms. The lowest BCUT2D eigenvalue weighted by molar-refractivity contribution is 0.0737. The molecule has 5 rings (SSSR count). The zero-order valence-electron chi connectivity index (χ0n) is 17.1. The van der Waals surface area contributed by atoms with E-state index in [0.717, 1.165) is 6.54 Å². The summed E-state index contributed by atoms with van der Waals surface area (Å²) in [6.07, 6.45) is 0. The number of likely N-dealkylation sites (tertiary alicyclic amines) is 2. The van der Waals surface area contributed by atoms with Gasteiger partial charge in [-0.25, -0.2) is 0 Å². The van der Waals surface area contributed by atoms with Gasteiger partial charge >= 0.3 is 0 Å². The summed E-state index contributed by atoms with van der Waals surface area (Å²) in [6.45, 7) is 4.50. The van der Waals surface area contributed by atoms with Gasteiger partial charge in [-0.2, -0.15) is 0 Å². The highest BCUT2D eigenvalue weighted by molar-refractivity contribution is 5.93. The Hall–Kier alpha value is -2.63. The second-order valence-corrected chi connectivity index (χ2v) is 8.35. The van der Waals surface area contributed by atoms with Gasteiger partial charge in [0, 0.05) is 37.7 Å². The van der Waals surface area contributed by atoms with Crippen molar-refractivity contribution in [2.45, 2.75) is 13.0 Å². The van der Waals surface area contributed by atoms with Crippen molar-refractivity contribution in [1.29, 1.82) is 0 Å². The summed E-state index contributed by atoms with van der Waals surface area (Å²) < 4.78 is 5.79. The maximum absolute atomic E-state index is 13.1. The molecule has 3 heterocycles. The van der Waals surface area contributed by atoms with E-state index in [4.69, 9.17) is 4.42 Å². The number of hydrogen-bond acceptors (Lipinski definition) is 4. The lowest BCUT2D eigenvalue weighted by atomic mass is 9.88. The van der Waals surface area contributed by atoms with Crippen LogP contribution < -0.4 is 5.43 Å². The summed E-state index contributed by atoms with van der Waals surface area (Å²) in [7, 11) is 2.17. The maximum Gasteiger partial charge on any atom is 0.289 e. The monoisotopic (exact) mass is 424 g/mol. The number of carbonyl (C=O) groups excluding carboxylic acids is 1. The molecule has 1 amide bonds. The molecule has 0 N–H and O–H groups in total. The van der Waals surface area contributed by atoms with E-state index in [9.17, 15) is 9.59 Å². The number of benzene rings is 2. The normalized spacial score (nSPS) is 23.4. The highest BCUT2D eigenvalue weighted by atomic mass is 35.5. The number of fused-ring (bicyclic) bond motifs is 2. The van der Waals surface area contributed by atoms with Crippen molar-refractivity contribution in [3.8, 4) is 0 Å². The van der Waals surface area contributed by atoms with Crippen LogP contribution in [0.2, 0.25) is 0 Å². The van der Waals surface area contributed by atoms with Crippen LogP contribution in [0.1, 0.15) is 27.7 Å². The molecule has 5 nitrogen and oxygen atoms in total. The Kier molecular flexibility index (Phi) is 5.43. The molecule has 2 aliphatic rings. The number of hydrogen-bond donors (Lipinski definition) is 0. The van der Waals surface area contributed by atoms with Gasteiger partial charge in [-0.05, 0) is 43.1 Å². The van der Waals surface area contributed by atoms with Gasteiger partial charge < -0.3 is 9.32 Å². The van der Waals surface area contributed by atoms with Gasteiger partial charge in [0.05, 0.1) is 5.39 Å². The lowest BCUT2D eigenvalue weighted by Crippen LogP contribution is -2.34. The number of aryl methyl sites for hydroxylation is 1. The number of para-hydroxylation sites is 1. The molecule has 3 aromatic rings. The molecular formula is C24H25ClN2O3. The van der Waals surface area contributed by atoms with Crippen LogP contribution in [0.4, 0.5) is 0 Å². The van der Waals surface area contributed by atoms with E-state index in [1.54, 1.807) is 18.2 Å². The van der Waals surface area contributed by atoms with Crippen LogP contribution in [0.15, 0.2) is 63.8 Å². The van der Waals surface area contributed by atoms with Crippen molar-refractivity contribution >= 4 is 29.3 Å². The molecule has 1 aromatic heterocycles. The van der Waals surface area contributed by atoms with Crippen molar-refractivity contribution in [2.24, 2.45) is 11.8 Å². The van der Waals surface area contributed by atoms with Gasteiger partial charge in [0.2, 0.25) is 0 Å². The summed E-state index contributed by atoms with van der Waals surface area (Å²) in [5.41, 5.74) is 2.91. The van der Waals surface area contributed by atoms with Crippen molar-refractivity contribution in [3.05, 3.63) is 81.7 Å². The number of amides is 1. The third-order valence-corrected chi connectivity index (χ3v) is 6.53. The second kappa shape index (κ2) is 7.89. The van der Waals surface area contributed by atoms with Crippen LogP contribution in [0.25, 0.3) is 11.0 Å². The van der Waals surface area contributed by atoms with E-state index in [1.165, 1.54) is 17.2 Å². The van der Waals surface area contributed by atoms with Crippen LogP contribution >= 0.6 is 12.4 Å². The predicted octanol–water partition coefficient (Wildman–Crippen LogP) is 3.90. The third kappa shape index (κ3) is 3.32. The van der Waals surface area contributed by atoms with Gasteiger partial charge in [0.1, 0.15) is 5.58 Å². The van der Waals surface area contributed by atoms with Crippen molar-refractivity contribution < 1.29 is 9.21 Å². The first kappa shape index (κ1) is 20.6. The Bertz CT molecular complexity index is 1160. The van der Waals surface area contributed by atoms with Crippen LogP contribution in [0.5, 0.6) is 0 Å². The maximum atomic E-state index is 13.1. The Morgan fingerprint density at radius 3 is 2.57 bits per heavy atom. The third-order valence-electron chi connectivity index (χ3n) is 6.53. The standard InChI is InChI=1S/C24H24N2O3.ClH/c1-15-7-3-4-8-17(15)23-19-14-26(13-16(19)12-25(23)2)24(28)22-11-20(27)18-9-5-6-10-21(18)29-22;/h3-11,16,19,23H,12-14H2,1-2H3;1H/t16-,19+,23+;/m0./s1. The summed E-state index contributed by atoms with van der Waals surface area (Å²) in [5.74, 6) is 0.765. The minimum absolute atomic E-state index is 0. The molecule has 0 bridgehead atoms. The van der Waals surface area contributed by atoms with Gasteiger partial charge in [-0.1, -0.05) is 36.4 Å². The molecule has 0 radical (unpaired) electrons. The molecule has 0 saturated carbocycles. The average Bonchev–Trinajstić information content (AvgIpc) is 3.25. The number of nitrogens with zero attached hydrogens (tertiary/aromatic N) is 2. The molecule has 0 aliphatic carbocycles. The Labute approximate surface area is 181 Å². The first-order valence-corrected chi connectivity index (χ1v) is 10.1. The molecule has 2 aliphatic heterocycles. The highest BCUT2D eigenvalue weighted by Gasteiger charge is 2.47. The average molecular weight is 425 g/mol. The van der Waals surface area contributed by atoms with E-state index in [0.29, 0.717) is 41.9 Å². The lowest BCUT2D eigenvalue weighted by Gasteiger charge is -2.28. The van der Waals surface area contributed by atoms with Crippen LogP contribution in [0, 0.1) is 18.8 Å². The topological polar surface area (TPSA) is 53.8 Å². The van der Waals surface area contributed by atoms with Crippen molar-refractivity contribution in [1.82, 2.24) is 9.80 Å². The van der Waals surface area contributed by atoms with E-state index in [2.05, 4.69) is 43.1 Å². The molecule has 0 spiro atoms. The second-order valence-electron chi connectivity index (χ2n) is 8.35. The SMILES string of the molecule is Cc1ccccc1[C@@H]1[C@@H]2CN(C(=O)c3cc(=O)c4ccccc4o3)C[C@@H]2CN1C.Cl. The molecule has 2 fully saturated rings. The Balaban J connectivity index is 0.00000218. The van der Waals surface area contributed by atoms with Gasteiger partial charge in [0.15, 0.2) is 11.2 Å². The fraction of sp³-hybridized carbons (Fsp3) is 0.333. The molecule has 2 aromatic carbocycles. The summed E-state index contributed by atoms with van der Waals surface area (Å²) >= 11 is 0. The quantitative estimate of drug-likeness (QED) is 0.626. The first-order valence-electron chi connectivity index (χ1n) is 10.1. The molecule has 3 atom stereocenters. The van der Waals surface area contributed by atoms with E-state index in [1.807, 2.05) is 11.0 Å². The van der Waals surface area contributed by atoms with Crippen LogP contribution in [-0.2, 0) is 0 Å². The summed E-state index contributed by atoms with van der Waals surface area (Å²) in [4.78, 5) is 29.8. The molecule has 6 heteroatoms. The highest BCUT2D eigenvalue weighted by Crippen LogP contribution is 2.45. The zero-order chi connectivity index (χ0) is 20.1. The molecule has 2 saturated heterocycles. The van der Waals surface area contributed by atoms with Crippen molar-refractivity contribution in [3.63, 3.8) is 0 Å². The first-order chi connectivity index (χ1) is 14.0. The number of carbonyl (C=O) groups is 1. The van der Waals surface area contributed by atoms with Gasteiger partial charge in [0.25, 0.3) is 5.91 Å². The summed E-state index contributed by atoms with van der Waals surface area (Å²) in [6, 6.07) is 17.2. The van der Waals surface area contributed by atoms with Crippen LogP contribution in [0.3, 0.4) is 0 Å². The largest absolute Gasteiger partial charge is 0.451 e. The summed E-state index contributed by atoms with van der Waals surface area (Å²) in [5, 5.41) is 0.503. The van der Waals surface area contributed by atoms with E-state index in [-0.39, 0.29) is 29.5 Å². The smallest absolute Gasteiger partial charge is 0.289 e. The molecule has 156 valence electrons. The van der Waals surface area contributed by atoms with E-state index >= 15 is 0 Å². The predicted molar refractivity (Wildman–Crippen MR) is 119 cm³/mol. The van der Waals surface area contributed by atoms with E-state index < -0.39 is 0 Å². The number of rotatable bonds is 2. The molecule has 0 unspecified atom stereocenters. The van der Waals surface area contributed by atoms with Gasteiger partial charge in [-0.3, -0.25) is 14.5 Å². The van der Waals surface area contributed by atoms with Gasteiger partial charge in [-0.15, -0.1) is 12.4 Å². The minimum atomic E-state index is -0.187. The van der Waals surface area contributed by atoms with Crippen LogP contribution in [-0.4, -0.2) is 42.4 Å². The van der Waals surface area contributed by atoms with Crippen molar-refractivity contribution in [2.75, 3.05) is 26.7 Å². The molecular weight excluding hydrogens is 400 g/mol.